The number of ether oxygens (including phenoxy) is 2. The maximum Gasteiger partial charge on any atom is 0.305 e. The van der Waals surface area contributed by atoms with Gasteiger partial charge in [0.1, 0.15) is 0 Å². The quantitative estimate of drug-likeness (QED) is 0.652. The number of hydrogen-bond acceptors (Lipinski definition) is 3. The summed E-state index contributed by atoms with van der Waals surface area (Å²) in [6.45, 7) is 5.28. The topological polar surface area (TPSA) is 35.5 Å². The Balaban J connectivity index is 2.19. The summed E-state index contributed by atoms with van der Waals surface area (Å²) in [5.74, 6) is 0.457. The summed E-state index contributed by atoms with van der Waals surface area (Å²) in [5, 5.41) is 0. The Morgan fingerprint density at radius 1 is 1.57 bits per heavy atom. The van der Waals surface area contributed by atoms with E-state index < -0.39 is 0 Å². The molecule has 0 saturated carbocycles. The van der Waals surface area contributed by atoms with E-state index in [1.54, 1.807) is 0 Å². The zero-order valence-corrected chi connectivity index (χ0v) is 9.12. The standard InChI is InChI=1S/C11H20O3/c1-3-13-11(12)7-6-10-5-4-8-14-9(10)2/h9-10H,3-8H2,1-2H3/t9-,10-/m1/s1. The van der Waals surface area contributed by atoms with Crippen LogP contribution in [-0.4, -0.2) is 25.3 Å². The van der Waals surface area contributed by atoms with Crippen LogP contribution in [0.15, 0.2) is 0 Å². The zero-order valence-electron chi connectivity index (χ0n) is 9.12. The molecule has 1 heterocycles. The fourth-order valence-corrected chi connectivity index (χ4v) is 1.90. The second-order valence-corrected chi connectivity index (χ2v) is 3.82. The molecule has 0 unspecified atom stereocenters. The minimum Gasteiger partial charge on any atom is -0.466 e. The van der Waals surface area contributed by atoms with Gasteiger partial charge in [0, 0.05) is 13.0 Å². The molecule has 1 aliphatic heterocycles. The molecule has 0 aromatic heterocycles. The molecule has 0 amide bonds. The Kier molecular flexibility index (Phi) is 4.94. The lowest BCUT2D eigenvalue weighted by Crippen LogP contribution is -2.27. The molecule has 0 spiro atoms. The minimum absolute atomic E-state index is 0.0785. The summed E-state index contributed by atoms with van der Waals surface area (Å²) in [7, 11) is 0. The normalized spacial score (nSPS) is 27.3. The Labute approximate surface area is 85.8 Å². The SMILES string of the molecule is CCOC(=O)CC[C@H]1CCCO[C@@H]1C. The molecule has 82 valence electrons. The fraction of sp³-hybridized carbons (Fsp3) is 0.909. The van der Waals surface area contributed by atoms with E-state index >= 15 is 0 Å². The molecule has 0 N–H and O–H groups in total. The third-order valence-corrected chi connectivity index (χ3v) is 2.79. The van der Waals surface area contributed by atoms with Crippen LogP contribution < -0.4 is 0 Å². The highest BCUT2D eigenvalue weighted by molar-refractivity contribution is 5.69. The van der Waals surface area contributed by atoms with Gasteiger partial charge >= 0.3 is 5.97 Å². The molecule has 2 atom stereocenters. The monoisotopic (exact) mass is 200 g/mol. The van der Waals surface area contributed by atoms with Crippen LogP contribution in [-0.2, 0) is 14.3 Å². The van der Waals surface area contributed by atoms with Crippen LogP contribution in [0.4, 0.5) is 0 Å². The molecular formula is C11H20O3. The number of esters is 1. The van der Waals surface area contributed by atoms with Gasteiger partial charge in [0.15, 0.2) is 0 Å². The summed E-state index contributed by atoms with van der Waals surface area (Å²) in [5.41, 5.74) is 0. The van der Waals surface area contributed by atoms with E-state index in [0.717, 1.165) is 19.4 Å². The summed E-state index contributed by atoms with van der Waals surface area (Å²) in [4.78, 5) is 11.1. The first kappa shape index (κ1) is 11.5. The van der Waals surface area contributed by atoms with Crippen molar-refractivity contribution in [2.24, 2.45) is 5.92 Å². The lowest BCUT2D eigenvalue weighted by molar-refractivity contribution is -0.143. The second-order valence-electron chi connectivity index (χ2n) is 3.82. The molecule has 0 aromatic rings. The average Bonchev–Trinajstić information content (AvgIpc) is 2.17. The van der Waals surface area contributed by atoms with Crippen LogP contribution in [0, 0.1) is 5.92 Å². The first-order valence-corrected chi connectivity index (χ1v) is 5.51. The van der Waals surface area contributed by atoms with Crippen molar-refractivity contribution < 1.29 is 14.3 Å². The van der Waals surface area contributed by atoms with Crippen molar-refractivity contribution in [2.75, 3.05) is 13.2 Å². The van der Waals surface area contributed by atoms with E-state index in [-0.39, 0.29) is 5.97 Å². The molecule has 1 aliphatic rings. The van der Waals surface area contributed by atoms with E-state index in [4.69, 9.17) is 9.47 Å². The maximum absolute atomic E-state index is 11.1. The van der Waals surface area contributed by atoms with Gasteiger partial charge in [-0.15, -0.1) is 0 Å². The molecule has 1 fully saturated rings. The highest BCUT2D eigenvalue weighted by Gasteiger charge is 2.22. The summed E-state index contributed by atoms with van der Waals surface area (Å²) >= 11 is 0. The van der Waals surface area contributed by atoms with Gasteiger partial charge in [-0.3, -0.25) is 4.79 Å². The molecule has 0 bridgehead atoms. The molecular weight excluding hydrogens is 180 g/mol. The predicted molar refractivity (Wildman–Crippen MR) is 54.0 cm³/mol. The Hall–Kier alpha value is -0.570. The van der Waals surface area contributed by atoms with Gasteiger partial charge in [-0.05, 0) is 39.0 Å². The van der Waals surface area contributed by atoms with Crippen LogP contribution in [0.3, 0.4) is 0 Å². The first-order valence-electron chi connectivity index (χ1n) is 5.51. The van der Waals surface area contributed by atoms with Crippen LogP contribution in [0.5, 0.6) is 0 Å². The van der Waals surface area contributed by atoms with Gasteiger partial charge in [0.2, 0.25) is 0 Å². The number of carbonyl (C=O) groups excluding carboxylic acids is 1. The van der Waals surface area contributed by atoms with Gasteiger partial charge in [0.25, 0.3) is 0 Å². The molecule has 3 heteroatoms. The summed E-state index contributed by atoms with van der Waals surface area (Å²) in [6, 6.07) is 0. The van der Waals surface area contributed by atoms with Gasteiger partial charge in [0.05, 0.1) is 12.7 Å². The summed E-state index contributed by atoms with van der Waals surface area (Å²) in [6.07, 6.45) is 4.04. The number of carbonyl (C=O) groups is 1. The first-order chi connectivity index (χ1) is 6.74. The van der Waals surface area contributed by atoms with Crippen LogP contribution in [0.25, 0.3) is 0 Å². The van der Waals surface area contributed by atoms with E-state index in [9.17, 15) is 4.79 Å². The van der Waals surface area contributed by atoms with Crippen molar-refractivity contribution >= 4 is 5.97 Å². The smallest absolute Gasteiger partial charge is 0.305 e. The van der Waals surface area contributed by atoms with Crippen LogP contribution in [0.1, 0.15) is 39.5 Å². The van der Waals surface area contributed by atoms with Gasteiger partial charge in [-0.25, -0.2) is 0 Å². The summed E-state index contributed by atoms with van der Waals surface area (Å²) < 4.78 is 10.4. The molecule has 1 saturated heterocycles. The van der Waals surface area contributed by atoms with Crippen molar-refractivity contribution in [1.29, 1.82) is 0 Å². The minimum atomic E-state index is -0.0785. The molecule has 1 rings (SSSR count). The van der Waals surface area contributed by atoms with E-state index in [1.807, 2.05) is 6.92 Å². The van der Waals surface area contributed by atoms with E-state index in [1.165, 1.54) is 6.42 Å². The van der Waals surface area contributed by atoms with E-state index in [0.29, 0.717) is 25.0 Å². The van der Waals surface area contributed by atoms with Crippen molar-refractivity contribution in [2.45, 2.75) is 45.6 Å². The second kappa shape index (κ2) is 6.02. The zero-order chi connectivity index (χ0) is 10.4. The van der Waals surface area contributed by atoms with Crippen molar-refractivity contribution in [3.8, 4) is 0 Å². The molecule has 14 heavy (non-hydrogen) atoms. The van der Waals surface area contributed by atoms with Gasteiger partial charge < -0.3 is 9.47 Å². The number of hydrogen-bond donors (Lipinski definition) is 0. The van der Waals surface area contributed by atoms with Gasteiger partial charge in [-0.1, -0.05) is 0 Å². The number of rotatable bonds is 4. The third kappa shape index (κ3) is 3.66. The highest BCUT2D eigenvalue weighted by Crippen LogP contribution is 2.24. The Morgan fingerprint density at radius 2 is 2.36 bits per heavy atom. The lowest BCUT2D eigenvalue weighted by atomic mass is 9.91. The van der Waals surface area contributed by atoms with Crippen LogP contribution >= 0.6 is 0 Å². The molecule has 0 aromatic carbocycles. The highest BCUT2D eigenvalue weighted by atomic mass is 16.5. The van der Waals surface area contributed by atoms with Crippen molar-refractivity contribution in [3.63, 3.8) is 0 Å². The van der Waals surface area contributed by atoms with Crippen molar-refractivity contribution in [1.82, 2.24) is 0 Å². The van der Waals surface area contributed by atoms with Crippen molar-refractivity contribution in [3.05, 3.63) is 0 Å². The molecule has 0 aliphatic carbocycles. The fourth-order valence-electron chi connectivity index (χ4n) is 1.90. The maximum atomic E-state index is 11.1. The lowest BCUT2D eigenvalue weighted by Gasteiger charge is -2.28. The largest absolute Gasteiger partial charge is 0.466 e. The Morgan fingerprint density at radius 3 is 3.00 bits per heavy atom. The van der Waals surface area contributed by atoms with E-state index in [2.05, 4.69) is 6.92 Å². The van der Waals surface area contributed by atoms with Crippen LogP contribution in [0.2, 0.25) is 0 Å². The average molecular weight is 200 g/mol. The Bertz CT molecular complexity index is 179. The van der Waals surface area contributed by atoms with Gasteiger partial charge in [-0.2, -0.15) is 0 Å². The predicted octanol–water partition coefficient (Wildman–Crippen LogP) is 2.14. The molecule has 3 nitrogen and oxygen atoms in total. The third-order valence-electron chi connectivity index (χ3n) is 2.79. The molecule has 0 radical (unpaired) electrons.